The van der Waals surface area contributed by atoms with Gasteiger partial charge in [0, 0.05) is 41.4 Å². The molecule has 0 unspecified atom stereocenters. The number of nitrogens with two attached hydrogens (primary N) is 2. The summed E-state index contributed by atoms with van der Waals surface area (Å²) in [5.74, 6) is -0.0378. The van der Waals surface area contributed by atoms with Crippen LogP contribution in [0.5, 0.6) is 0 Å². The minimum Gasteiger partial charge on any atom is -0.398 e. The number of para-hydroxylation sites is 1. The van der Waals surface area contributed by atoms with Gasteiger partial charge in [-0.3, -0.25) is 10.4 Å². The highest BCUT2D eigenvalue weighted by atomic mass is 14.9. The summed E-state index contributed by atoms with van der Waals surface area (Å²) in [5, 5.41) is 11.0. The fourth-order valence-corrected chi connectivity index (χ4v) is 2.47. The van der Waals surface area contributed by atoms with Crippen LogP contribution in [0, 0.1) is 5.41 Å². The Balaban J connectivity index is 1.83. The maximum absolute atomic E-state index is 7.61. The number of hydrogen-bond donors (Lipinski definition) is 4. The van der Waals surface area contributed by atoms with E-state index in [-0.39, 0.29) is 5.84 Å². The standard InChI is InChI=1S/C19H19N5/c20-18-7-6-14(9-17(18)19(21)22)15-8-13(10-23-12-15)11-24-16-4-2-1-3-5-16/h1-10,12,24H,11,20H2,(H3,21,22). The van der Waals surface area contributed by atoms with Crippen LogP contribution in [-0.4, -0.2) is 10.8 Å². The highest BCUT2D eigenvalue weighted by Gasteiger charge is 2.07. The second kappa shape index (κ2) is 6.83. The number of pyridine rings is 1. The molecule has 1 aromatic heterocycles. The third-order valence-corrected chi connectivity index (χ3v) is 3.74. The van der Waals surface area contributed by atoms with Crippen LogP contribution in [0.2, 0.25) is 0 Å². The van der Waals surface area contributed by atoms with E-state index >= 15 is 0 Å². The fourth-order valence-electron chi connectivity index (χ4n) is 2.47. The Kier molecular flexibility index (Phi) is 4.43. The molecule has 0 spiro atoms. The van der Waals surface area contributed by atoms with Gasteiger partial charge < -0.3 is 16.8 Å². The molecule has 0 atom stereocenters. The van der Waals surface area contributed by atoms with Gasteiger partial charge in [-0.1, -0.05) is 24.3 Å². The second-order valence-corrected chi connectivity index (χ2v) is 5.52. The number of hydrogen-bond acceptors (Lipinski definition) is 4. The molecule has 0 bridgehead atoms. The van der Waals surface area contributed by atoms with E-state index in [1.54, 1.807) is 12.3 Å². The number of nitrogens with one attached hydrogen (secondary N) is 2. The Bertz CT molecular complexity index is 859. The molecule has 0 saturated heterocycles. The molecule has 24 heavy (non-hydrogen) atoms. The summed E-state index contributed by atoms with van der Waals surface area (Å²) >= 11 is 0. The Morgan fingerprint density at radius 3 is 2.54 bits per heavy atom. The molecule has 5 heteroatoms. The molecule has 3 rings (SSSR count). The second-order valence-electron chi connectivity index (χ2n) is 5.52. The highest BCUT2D eigenvalue weighted by molar-refractivity contribution is 6.01. The van der Waals surface area contributed by atoms with Crippen LogP contribution in [-0.2, 0) is 6.54 Å². The van der Waals surface area contributed by atoms with Gasteiger partial charge in [-0.05, 0) is 41.5 Å². The SMILES string of the molecule is N=C(N)c1cc(-c2cncc(CNc3ccccc3)c2)ccc1N. The van der Waals surface area contributed by atoms with Gasteiger partial charge in [-0.2, -0.15) is 0 Å². The molecule has 0 aliphatic rings. The average molecular weight is 317 g/mol. The van der Waals surface area contributed by atoms with Crippen molar-refractivity contribution in [1.29, 1.82) is 5.41 Å². The first-order valence-corrected chi connectivity index (χ1v) is 7.60. The summed E-state index contributed by atoms with van der Waals surface area (Å²) in [7, 11) is 0. The van der Waals surface area contributed by atoms with Gasteiger partial charge in [0.15, 0.2) is 0 Å². The Morgan fingerprint density at radius 1 is 1.00 bits per heavy atom. The first-order valence-electron chi connectivity index (χ1n) is 7.60. The lowest BCUT2D eigenvalue weighted by Gasteiger charge is -2.10. The van der Waals surface area contributed by atoms with Crippen LogP contribution in [0.4, 0.5) is 11.4 Å². The van der Waals surface area contributed by atoms with Crippen molar-refractivity contribution in [2.45, 2.75) is 6.54 Å². The van der Waals surface area contributed by atoms with Gasteiger partial charge in [0.1, 0.15) is 5.84 Å². The third-order valence-electron chi connectivity index (χ3n) is 3.74. The lowest BCUT2D eigenvalue weighted by molar-refractivity contribution is 1.11. The minimum atomic E-state index is -0.0378. The maximum atomic E-state index is 7.61. The smallest absolute Gasteiger partial charge is 0.124 e. The molecule has 0 amide bonds. The summed E-state index contributed by atoms with van der Waals surface area (Å²) in [6, 6.07) is 17.6. The fraction of sp³-hybridized carbons (Fsp3) is 0.0526. The normalized spacial score (nSPS) is 10.3. The molecule has 0 fully saturated rings. The van der Waals surface area contributed by atoms with Gasteiger partial charge in [0.2, 0.25) is 0 Å². The van der Waals surface area contributed by atoms with Crippen molar-refractivity contribution < 1.29 is 0 Å². The summed E-state index contributed by atoms with van der Waals surface area (Å²) in [5.41, 5.74) is 16.5. The summed E-state index contributed by atoms with van der Waals surface area (Å²) in [4.78, 5) is 4.31. The van der Waals surface area contributed by atoms with Crippen molar-refractivity contribution in [3.8, 4) is 11.1 Å². The molecular weight excluding hydrogens is 298 g/mol. The van der Waals surface area contributed by atoms with Crippen LogP contribution in [0.1, 0.15) is 11.1 Å². The van der Waals surface area contributed by atoms with Gasteiger partial charge in [-0.15, -0.1) is 0 Å². The van der Waals surface area contributed by atoms with E-state index < -0.39 is 0 Å². The van der Waals surface area contributed by atoms with E-state index in [9.17, 15) is 0 Å². The quantitative estimate of drug-likeness (QED) is 0.330. The van der Waals surface area contributed by atoms with E-state index in [4.69, 9.17) is 16.9 Å². The third kappa shape index (κ3) is 3.52. The molecule has 0 radical (unpaired) electrons. The van der Waals surface area contributed by atoms with E-state index in [1.165, 1.54) is 0 Å². The van der Waals surface area contributed by atoms with Crippen LogP contribution < -0.4 is 16.8 Å². The summed E-state index contributed by atoms with van der Waals surface area (Å²) < 4.78 is 0. The monoisotopic (exact) mass is 317 g/mol. The minimum absolute atomic E-state index is 0.0378. The predicted molar refractivity (Wildman–Crippen MR) is 98.9 cm³/mol. The van der Waals surface area contributed by atoms with E-state index in [1.807, 2.05) is 48.7 Å². The molecule has 0 aliphatic carbocycles. The van der Waals surface area contributed by atoms with Crippen molar-refractivity contribution >= 4 is 17.2 Å². The van der Waals surface area contributed by atoms with Crippen molar-refractivity contribution in [2.24, 2.45) is 5.73 Å². The number of aromatic nitrogens is 1. The van der Waals surface area contributed by atoms with Crippen LogP contribution in [0.3, 0.4) is 0 Å². The van der Waals surface area contributed by atoms with E-state index in [2.05, 4.69) is 16.4 Å². The number of amidine groups is 1. The van der Waals surface area contributed by atoms with E-state index in [0.717, 1.165) is 22.4 Å². The molecule has 6 N–H and O–H groups in total. The van der Waals surface area contributed by atoms with Gasteiger partial charge in [-0.25, -0.2) is 0 Å². The molecule has 2 aromatic carbocycles. The molecule has 3 aromatic rings. The first kappa shape index (κ1) is 15.6. The Labute approximate surface area is 140 Å². The highest BCUT2D eigenvalue weighted by Crippen LogP contribution is 2.24. The number of nitrogens with zero attached hydrogens (tertiary/aromatic N) is 1. The Morgan fingerprint density at radius 2 is 1.79 bits per heavy atom. The Hall–Kier alpha value is -3.34. The zero-order valence-electron chi connectivity index (χ0n) is 13.2. The summed E-state index contributed by atoms with van der Waals surface area (Å²) in [6.45, 7) is 0.680. The number of benzene rings is 2. The van der Waals surface area contributed by atoms with Gasteiger partial charge >= 0.3 is 0 Å². The lowest BCUT2D eigenvalue weighted by Crippen LogP contribution is -2.13. The predicted octanol–water partition coefficient (Wildman–Crippen LogP) is 3.23. The van der Waals surface area contributed by atoms with Crippen molar-refractivity contribution in [3.63, 3.8) is 0 Å². The van der Waals surface area contributed by atoms with Crippen LogP contribution in [0.15, 0.2) is 67.0 Å². The van der Waals surface area contributed by atoms with E-state index in [0.29, 0.717) is 17.8 Å². The topological polar surface area (TPSA) is 101 Å². The van der Waals surface area contributed by atoms with Gasteiger partial charge in [0.05, 0.1) is 0 Å². The maximum Gasteiger partial charge on any atom is 0.124 e. The van der Waals surface area contributed by atoms with Crippen LogP contribution >= 0.6 is 0 Å². The first-order chi connectivity index (χ1) is 11.6. The number of nitrogen functional groups attached to an aromatic ring is 2. The van der Waals surface area contributed by atoms with Crippen molar-refractivity contribution in [1.82, 2.24) is 4.98 Å². The average Bonchev–Trinajstić information content (AvgIpc) is 2.61. The zero-order valence-corrected chi connectivity index (χ0v) is 13.2. The van der Waals surface area contributed by atoms with Crippen LogP contribution in [0.25, 0.3) is 11.1 Å². The summed E-state index contributed by atoms with van der Waals surface area (Å²) in [6.07, 6.45) is 3.63. The number of rotatable bonds is 5. The molecule has 0 saturated carbocycles. The largest absolute Gasteiger partial charge is 0.398 e. The van der Waals surface area contributed by atoms with Crippen molar-refractivity contribution in [3.05, 3.63) is 78.1 Å². The zero-order chi connectivity index (χ0) is 16.9. The number of anilines is 2. The van der Waals surface area contributed by atoms with Gasteiger partial charge in [0.25, 0.3) is 0 Å². The molecular formula is C19H19N5. The lowest BCUT2D eigenvalue weighted by atomic mass is 10.0. The van der Waals surface area contributed by atoms with Crippen molar-refractivity contribution in [2.75, 3.05) is 11.1 Å². The molecule has 120 valence electrons. The molecule has 0 aliphatic heterocycles. The molecule has 5 nitrogen and oxygen atoms in total. The molecule has 1 heterocycles.